The molecule has 19 heavy (non-hydrogen) atoms. The van der Waals surface area contributed by atoms with E-state index in [1.54, 1.807) is 18.2 Å². The molecule has 4 heteroatoms. The number of nitrogens with zero attached hydrogens (tertiary/aromatic N) is 1. The Balaban J connectivity index is 2.15. The van der Waals surface area contributed by atoms with E-state index in [-0.39, 0.29) is 17.4 Å². The molecule has 1 saturated carbocycles. The third-order valence-corrected chi connectivity index (χ3v) is 3.27. The fraction of sp³-hybridized carbons (Fsp3) is 0.467. The minimum atomic E-state index is -0.222. The second-order valence-electron chi connectivity index (χ2n) is 5.50. The number of rotatable bonds is 4. The normalized spacial score (nSPS) is 15.7. The maximum atomic E-state index is 11.9. The fourth-order valence-corrected chi connectivity index (χ4v) is 1.75. The molecule has 0 atom stereocenters. The van der Waals surface area contributed by atoms with E-state index in [2.05, 4.69) is 11.4 Å². The van der Waals surface area contributed by atoms with E-state index in [0.717, 1.165) is 12.8 Å². The van der Waals surface area contributed by atoms with Crippen molar-refractivity contribution in [1.82, 2.24) is 0 Å². The highest BCUT2D eigenvalue weighted by atomic mass is 16.5. The molecule has 0 bridgehead atoms. The first kappa shape index (κ1) is 13.4. The van der Waals surface area contributed by atoms with E-state index < -0.39 is 0 Å². The third kappa shape index (κ3) is 3.05. The lowest BCUT2D eigenvalue weighted by atomic mass is 10.1. The SMILES string of the molecule is CC(C)Oc1ccc(NC(=O)C2(C)CC2)cc1C#N. The molecule has 1 N–H and O–H groups in total. The Labute approximate surface area is 113 Å². The van der Waals surface area contributed by atoms with Crippen molar-refractivity contribution in [2.45, 2.75) is 39.7 Å². The van der Waals surface area contributed by atoms with E-state index in [4.69, 9.17) is 10.00 Å². The predicted molar refractivity (Wildman–Crippen MR) is 72.9 cm³/mol. The number of nitrogens with one attached hydrogen (secondary N) is 1. The molecule has 100 valence electrons. The molecule has 1 aliphatic rings. The number of carbonyl (C=O) groups is 1. The topological polar surface area (TPSA) is 62.1 Å². The summed E-state index contributed by atoms with van der Waals surface area (Å²) in [6.45, 7) is 5.76. The van der Waals surface area contributed by atoms with Crippen LogP contribution in [0.5, 0.6) is 5.75 Å². The van der Waals surface area contributed by atoms with E-state index in [9.17, 15) is 4.79 Å². The van der Waals surface area contributed by atoms with Gasteiger partial charge in [-0.1, -0.05) is 6.92 Å². The third-order valence-electron chi connectivity index (χ3n) is 3.27. The molecule has 1 amide bonds. The molecule has 0 heterocycles. The highest BCUT2D eigenvalue weighted by Crippen LogP contribution is 2.45. The highest BCUT2D eigenvalue weighted by Gasteiger charge is 2.44. The highest BCUT2D eigenvalue weighted by molar-refractivity contribution is 5.97. The van der Waals surface area contributed by atoms with Crippen molar-refractivity contribution in [3.8, 4) is 11.8 Å². The Kier molecular flexibility index (Phi) is 3.48. The molecule has 4 nitrogen and oxygen atoms in total. The van der Waals surface area contributed by atoms with Crippen molar-refractivity contribution >= 4 is 11.6 Å². The van der Waals surface area contributed by atoms with Gasteiger partial charge in [0.25, 0.3) is 0 Å². The summed E-state index contributed by atoms with van der Waals surface area (Å²) >= 11 is 0. The minimum absolute atomic E-state index is 0.0120. The molecule has 0 aromatic heterocycles. The van der Waals surface area contributed by atoms with Gasteiger partial charge in [0.1, 0.15) is 11.8 Å². The van der Waals surface area contributed by atoms with Crippen LogP contribution in [0, 0.1) is 16.7 Å². The summed E-state index contributed by atoms with van der Waals surface area (Å²) in [5, 5.41) is 12.0. The van der Waals surface area contributed by atoms with Crippen LogP contribution in [0.25, 0.3) is 0 Å². The molecule has 0 spiro atoms. The van der Waals surface area contributed by atoms with Crippen LogP contribution in [-0.4, -0.2) is 12.0 Å². The van der Waals surface area contributed by atoms with Crippen molar-refractivity contribution in [2.75, 3.05) is 5.32 Å². The van der Waals surface area contributed by atoms with Crippen LogP contribution in [0.4, 0.5) is 5.69 Å². The standard InChI is InChI=1S/C15H18N2O2/c1-10(2)19-13-5-4-12(8-11(13)9-16)17-14(18)15(3)6-7-15/h4-5,8,10H,6-7H2,1-3H3,(H,17,18). The lowest BCUT2D eigenvalue weighted by Crippen LogP contribution is -2.21. The molecule has 1 aromatic carbocycles. The summed E-state index contributed by atoms with van der Waals surface area (Å²) in [6.07, 6.45) is 1.87. The molecule has 1 fully saturated rings. The Bertz CT molecular complexity index is 540. The van der Waals surface area contributed by atoms with Crippen LogP contribution in [0.1, 0.15) is 39.2 Å². The van der Waals surface area contributed by atoms with Gasteiger partial charge in [0.2, 0.25) is 5.91 Å². The van der Waals surface area contributed by atoms with Crippen LogP contribution >= 0.6 is 0 Å². The lowest BCUT2D eigenvalue weighted by Gasteiger charge is -2.14. The maximum Gasteiger partial charge on any atom is 0.230 e. The molecule has 0 unspecified atom stereocenters. The number of ether oxygens (including phenoxy) is 1. The van der Waals surface area contributed by atoms with Gasteiger partial charge in [0.05, 0.1) is 11.7 Å². The van der Waals surface area contributed by atoms with Crippen LogP contribution in [-0.2, 0) is 4.79 Å². The Morgan fingerprint density at radius 1 is 1.47 bits per heavy atom. The predicted octanol–water partition coefficient (Wildman–Crippen LogP) is 3.08. The van der Waals surface area contributed by atoms with Gasteiger partial charge in [-0.3, -0.25) is 4.79 Å². The summed E-state index contributed by atoms with van der Waals surface area (Å²) in [5.74, 6) is 0.571. The summed E-state index contributed by atoms with van der Waals surface area (Å²) in [6, 6.07) is 7.24. The van der Waals surface area contributed by atoms with Gasteiger partial charge in [-0.15, -0.1) is 0 Å². The number of amides is 1. The van der Waals surface area contributed by atoms with Crippen molar-refractivity contribution in [3.05, 3.63) is 23.8 Å². The number of benzene rings is 1. The first-order valence-electron chi connectivity index (χ1n) is 6.47. The number of hydrogen-bond donors (Lipinski definition) is 1. The van der Waals surface area contributed by atoms with Gasteiger partial charge in [-0.25, -0.2) is 0 Å². The van der Waals surface area contributed by atoms with E-state index in [1.807, 2.05) is 20.8 Å². The smallest absolute Gasteiger partial charge is 0.230 e. The summed E-state index contributed by atoms with van der Waals surface area (Å²) in [4.78, 5) is 11.9. The summed E-state index contributed by atoms with van der Waals surface area (Å²) < 4.78 is 5.54. The minimum Gasteiger partial charge on any atom is -0.490 e. The maximum absolute atomic E-state index is 11.9. The first-order valence-corrected chi connectivity index (χ1v) is 6.47. The molecule has 0 aliphatic heterocycles. The van der Waals surface area contributed by atoms with Crippen molar-refractivity contribution in [3.63, 3.8) is 0 Å². The van der Waals surface area contributed by atoms with Gasteiger partial charge in [0, 0.05) is 11.1 Å². The zero-order valence-corrected chi connectivity index (χ0v) is 11.5. The number of anilines is 1. The molecule has 0 radical (unpaired) electrons. The quantitative estimate of drug-likeness (QED) is 0.902. The first-order chi connectivity index (χ1) is 8.94. The van der Waals surface area contributed by atoms with Gasteiger partial charge < -0.3 is 10.1 Å². The average Bonchev–Trinajstić information content (AvgIpc) is 3.10. The summed E-state index contributed by atoms with van der Waals surface area (Å²) in [5.41, 5.74) is 0.859. The van der Waals surface area contributed by atoms with Crippen LogP contribution in [0.15, 0.2) is 18.2 Å². The fourth-order valence-electron chi connectivity index (χ4n) is 1.75. The van der Waals surface area contributed by atoms with Crippen molar-refractivity contribution in [1.29, 1.82) is 5.26 Å². The Hall–Kier alpha value is -2.02. The van der Waals surface area contributed by atoms with E-state index >= 15 is 0 Å². The van der Waals surface area contributed by atoms with E-state index in [0.29, 0.717) is 17.0 Å². The summed E-state index contributed by atoms with van der Waals surface area (Å²) in [7, 11) is 0. The average molecular weight is 258 g/mol. The van der Waals surface area contributed by atoms with E-state index in [1.165, 1.54) is 0 Å². The van der Waals surface area contributed by atoms with Gasteiger partial charge in [0.15, 0.2) is 0 Å². The zero-order valence-electron chi connectivity index (χ0n) is 11.5. The molecule has 1 aromatic rings. The second kappa shape index (κ2) is 4.93. The number of hydrogen-bond acceptors (Lipinski definition) is 3. The van der Waals surface area contributed by atoms with Crippen molar-refractivity contribution in [2.24, 2.45) is 5.41 Å². The monoisotopic (exact) mass is 258 g/mol. The lowest BCUT2D eigenvalue weighted by molar-refractivity contribution is -0.120. The molecule has 0 saturated heterocycles. The van der Waals surface area contributed by atoms with Gasteiger partial charge in [-0.05, 0) is 44.9 Å². The van der Waals surface area contributed by atoms with Gasteiger partial charge >= 0.3 is 0 Å². The zero-order chi connectivity index (χ0) is 14.0. The van der Waals surface area contributed by atoms with Crippen LogP contribution in [0.3, 0.4) is 0 Å². The molecular weight excluding hydrogens is 240 g/mol. The molecular formula is C15H18N2O2. The van der Waals surface area contributed by atoms with Crippen LogP contribution < -0.4 is 10.1 Å². The Morgan fingerprint density at radius 3 is 2.68 bits per heavy atom. The second-order valence-corrected chi connectivity index (χ2v) is 5.50. The Morgan fingerprint density at radius 2 is 2.16 bits per heavy atom. The molecule has 2 rings (SSSR count). The van der Waals surface area contributed by atoms with Gasteiger partial charge in [-0.2, -0.15) is 5.26 Å². The molecule has 1 aliphatic carbocycles. The number of nitriles is 1. The van der Waals surface area contributed by atoms with Crippen LogP contribution in [0.2, 0.25) is 0 Å². The number of carbonyl (C=O) groups excluding carboxylic acids is 1. The van der Waals surface area contributed by atoms with Crippen molar-refractivity contribution < 1.29 is 9.53 Å². The largest absolute Gasteiger partial charge is 0.490 e.